The van der Waals surface area contributed by atoms with Gasteiger partial charge >= 0.3 is 0 Å². The highest BCUT2D eigenvalue weighted by molar-refractivity contribution is 7.09. The smallest absolute Gasteiger partial charge is 0.0947 e. The summed E-state index contributed by atoms with van der Waals surface area (Å²) in [7, 11) is 0. The Hall–Kier alpha value is -1.19. The third-order valence-corrected chi connectivity index (χ3v) is 4.60. The lowest BCUT2D eigenvalue weighted by atomic mass is 10.00. The Morgan fingerprint density at radius 1 is 1.33 bits per heavy atom. The molecule has 2 N–H and O–H groups in total. The fourth-order valence-electron chi connectivity index (χ4n) is 2.62. The van der Waals surface area contributed by atoms with Gasteiger partial charge in [0, 0.05) is 23.5 Å². The molecule has 1 aliphatic carbocycles. The van der Waals surface area contributed by atoms with Crippen molar-refractivity contribution < 1.29 is 0 Å². The Morgan fingerprint density at radius 2 is 2.17 bits per heavy atom. The average Bonchev–Trinajstić information content (AvgIpc) is 2.96. The van der Waals surface area contributed by atoms with E-state index in [-0.39, 0.29) is 6.04 Å². The van der Waals surface area contributed by atoms with E-state index in [2.05, 4.69) is 28.6 Å². The first-order chi connectivity index (χ1) is 8.72. The van der Waals surface area contributed by atoms with E-state index in [4.69, 9.17) is 5.73 Å². The molecule has 1 aromatic heterocycles. The molecule has 1 unspecified atom stereocenters. The molecule has 0 saturated carbocycles. The molecule has 1 heterocycles. The third-order valence-electron chi connectivity index (χ3n) is 3.61. The Balaban J connectivity index is 1.78. The summed E-state index contributed by atoms with van der Waals surface area (Å²) in [6.07, 6.45) is 4.58. The summed E-state index contributed by atoms with van der Waals surface area (Å²) in [5.74, 6) is 0. The summed E-state index contributed by atoms with van der Waals surface area (Å²) < 4.78 is 0. The van der Waals surface area contributed by atoms with Gasteiger partial charge in [-0.2, -0.15) is 0 Å². The number of aryl methyl sites for hydroxylation is 3. The minimum Gasteiger partial charge on any atom is -0.324 e. The maximum absolute atomic E-state index is 6.30. The first kappa shape index (κ1) is 11.9. The van der Waals surface area contributed by atoms with Crippen molar-refractivity contribution in [2.75, 3.05) is 0 Å². The second-order valence-electron chi connectivity index (χ2n) is 5.07. The van der Waals surface area contributed by atoms with Crippen LogP contribution in [0.5, 0.6) is 0 Å². The van der Waals surface area contributed by atoms with Crippen molar-refractivity contribution in [3.63, 3.8) is 0 Å². The summed E-state index contributed by atoms with van der Waals surface area (Å²) in [6, 6.07) is 6.81. The fraction of sp³-hybridized carbons (Fsp3) is 0.400. The number of hydrogen-bond acceptors (Lipinski definition) is 3. The van der Waals surface area contributed by atoms with Gasteiger partial charge in [-0.15, -0.1) is 11.3 Å². The molecule has 0 aliphatic heterocycles. The predicted molar refractivity (Wildman–Crippen MR) is 76.0 cm³/mol. The molecule has 0 spiro atoms. The van der Waals surface area contributed by atoms with Crippen LogP contribution in [-0.4, -0.2) is 4.98 Å². The zero-order valence-electron chi connectivity index (χ0n) is 10.6. The number of nitrogens with zero attached hydrogens (tertiary/aromatic N) is 1. The number of nitrogens with two attached hydrogens (primary N) is 1. The van der Waals surface area contributed by atoms with Crippen molar-refractivity contribution in [2.45, 2.75) is 38.6 Å². The molecule has 94 valence electrons. The van der Waals surface area contributed by atoms with Crippen LogP contribution < -0.4 is 5.73 Å². The lowest BCUT2D eigenvalue weighted by Gasteiger charge is -2.12. The maximum atomic E-state index is 6.30. The van der Waals surface area contributed by atoms with Crippen LogP contribution >= 0.6 is 11.3 Å². The number of aromatic nitrogens is 1. The molecule has 1 atom stereocenters. The van der Waals surface area contributed by atoms with E-state index < -0.39 is 0 Å². The molecule has 0 radical (unpaired) electrons. The molecular formula is C15H18N2S. The van der Waals surface area contributed by atoms with Gasteiger partial charge in [0.1, 0.15) is 0 Å². The molecule has 2 nitrogen and oxygen atoms in total. The van der Waals surface area contributed by atoms with Crippen LogP contribution in [0.2, 0.25) is 0 Å². The van der Waals surface area contributed by atoms with Gasteiger partial charge in [0.2, 0.25) is 0 Å². The van der Waals surface area contributed by atoms with Gasteiger partial charge in [0.05, 0.1) is 5.01 Å². The molecule has 1 aliphatic rings. The molecule has 18 heavy (non-hydrogen) atoms. The molecule has 3 heteroatoms. The van der Waals surface area contributed by atoms with Gasteiger partial charge in [-0.1, -0.05) is 18.2 Å². The number of hydrogen-bond donors (Lipinski definition) is 1. The minimum atomic E-state index is 0.0708. The molecule has 0 fully saturated rings. The normalized spacial score (nSPS) is 15.7. The van der Waals surface area contributed by atoms with Crippen molar-refractivity contribution in [2.24, 2.45) is 5.73 Å². The van der Waals surface area contributed by atoms with Crippen molar-refractivity contribution in [3.05, 3.63) is 51.0 Å². The lowest BCUT2D eigenvalue weighted by molar-refractivity contribution is 0.715. The molecule has 0 bridgehead atoms. The van der Waals surface area contributed by atoms with Crippen molar-refractivity contribution >= 4 is 11.3 Å². The summed E-state index contributed by atoms with van der Waals surface area (Å²) in [5, 5.41) is 3.23. The first-order valence-electron chi connectivity index (χ1n) is 6.50. The van der Waals surface area contributed by atoms with Crippen LogP contribution in [-0.2, 0) is 19.3 Å². The predicted octanol–water partition coefficient (Wildman–Crippen LogP) is 3.18. The molecule has 0 amide bonds. The van der Waals surface area contributed by atoms with Crippen LogP contribution in [0.3, 0.4) is 0 Å². The van der Waals surface area contributed by atoms with Gasteiger partial charge in [0.25, 0.3) is 0 Å². The Kier molecular flexibility index (Phi) is 3.18. The Labute approximate surface area is 112 Å². The first-order valence-corrected chi connectivity index (χ1v) is 7.38. The Bertz CT molecular complexity index is 559. The highest BCUT2D eigenvalue weighted by Crippen LogP contribution is 2.26. The van der Waals surface area contributed by atoms with Crippen LogP contribution in [0.25, 0.3) is 0 Å². The average molecular weight is 258 g/mol. The van der Waals surface area contributed by atoms with E-state index in [9.17, 15) is 0 Å². The zero-order chi connectivity index (χ0) is 12.5. The monoisotopic (exact) mass is 258 g/mol. The lowest BCUT2D eigenvalue weighted by Crippen LogP contribution is -2.13. The number of benzene rings is 1. The second-order valence-corrected chi connectivity index (χ2v) is 6.02. The third kappa shape index (κ3) is 2.33. The van der Waals surface area contributed by atoms with E-state index >= 15 is 0 Å². The number of thiazole rings is 1. The van der Waals surface area contributed by atoms with Gasteiger partial charge in [-0.3, -0.25) is 0 Å². The van der Waals surface area contributed by atoms with E-state index in [1.54, 1.807) is 11.3 Å². The largest absolute Gasteiger partial charge is 0.324 e. The van der Waals surface area contributed by atoms with Gasteiger partial charge in [-0.05, 0) is 42.9 Å². The van der Waals surface area contributed by atoms with Crippen LogP contribution in [0.1, 0.15) is 39.9 Å². The summed E-state index contributed by atoms with van der Waals surface area (Å²) >= 11 is 1.71. The summed E-state index contributed by atoms with van der Waals surface area (Å²) in [5.41, 5.74) is 11.7. The fourth-order valence-corrected chi connectivity index (χ4v) is 3.46. The summed E-state index contributed by atoms with van der Waals surface area (Å²) in [4.78, 5) is 4.49. The molecule has 1 aromatic carbocycles. The second kappa shape index (κ2) is 4.82. The van der Waals surface area contributed by atoms with Gasteiger partial charge in [0.15, 0.2) is 0 Å². The van der Waals surface area contributed by atoms with Crippen molar-refractivity contribution in [1.29, 1.82) is 0 Å². The van der Waals surface area contributed by atoms with Crippen LogP contribution in [0, 0.1) is 6.92 Å². The van der Waals surface area contributed by atoms with Crippen molar-refractivity contribution in [1.82, 2.24) is 4.98 Å². The quantitative estimate of drug-likeness (QED) is 0.918. The van der Waals surface area contributed by atoms with E-state index in [0.717, 1.165) is 17.1 Å². The molecular weight excluding hydrogens is 240 g/mol. The number of rotatable bonds is 3. The number of fused-ring (bicyclic) bond motifs is 1. The topological polar surface area (TPSA) is 38.9 Å². The SMILES string of the molecule is Cc1csc(CC(N)c2ccc3c(c2)CCC3)n1. The minimum absolute atomic E-state index is 0.0708. The Morgan fingerprint density at radius 3 is 2.94 bits per heavy atom. The highest BCUT2D eigenvalue weighted by Gasteiger charge is 2.14. The van der Waals surface area contributed by atoms with Crippen LogP contribution in [0.15, 0.2) is 23.6 Å². The van der Waals surface area contributed by atoms with E-state index in [0.29, 0.717) is 0 Å². The molecule has 0 saturated heterocycles. The van der Waals surface area contributed by atoms with Crippen LogP contribution in [0.4, 0.5) is 0 Å². The van der Waals surface area contributed by atoms with E-state index in [1.165, 1.54) is 36.0 Å². The highest BCUT2D eigenvalue weighted by atomic mass is 32.1. The molecule has 2 aromatic rings. The maximum Gasteiger partial charge on any atom is 0.0947 e. The van der Waals surface area contributed by atoms with E-state index in [1.807, 2.05) is 6.92 Å². The standard InChI is InChI=1S/C15H18N2S/c1-10-9-18-15(17-10)8-14(16)13-6-5-11-3-2-4-12(11)7-13/h5-7,9,14H,2-4,8,16H2,1H3. The summed E-state index contributed by atoms with van der Waals surface area (Å²) in [6.45, 7) is 2.03. The molecule has 3 rings (SSSR count). The zero-order valence-corrected chi connectivity index (χ0v) is 11.5. The van der Waals surface area contributed by atoms with Gasteiger partial charge in [-0.25, -0.2) is 4.98 Å². The van der Waals surface area contributed by atoms with Gasteiger partial charge < -0.3 is 5.73 Å². The van der Waals surface area contributed by atoms with Crippen molar-refractivity contribution in [3.8, 4) is 0 Å².